The summed E-state index contributed by atoms with van der Waals surface area (Å²) < 4.78 is 60.6. The van der Waals surface area contributed by atoms with Crippen molar-refractivity contribution in [3.05, 3.63) is 65.0 Å². The van der Waals surface area contributed by atoms with Crippen LogP contribution in [0.2, 0.25) is 0 Å². The molecule has 0 bridgehead atoms. The Morgan fingerprint density at radius 1 is 1.14 bits per heavy atom. The van der Waals surface area contributed by atoms with Crippen LogP contribution in [0, 0.1) is 5.82 Å². The van der Waals surface area contributed by atoms with Gasteiger partial charge in [0.15, 0.2) is 0 Å². The Morgan fingerprint density at radius 2 is 1.96 bits per heavy atom. The van der Waals surface area contributed by atoms with Crippen LogP contribution in [0.4, 0.5) is 17.6 Å². The van der Waals surface area contributed by atoms with Gasteiger partial charge in [0.25, 0.3) is 0 Å². The fourth-order valence-electron chi connectivity index (χ4n) is 3.66. The summed E-state index contributed by atoms with van der Waals surface area (Å²) in [6, 6.07) is 12.2. The molecule has 2 aromatic carbocycles. The number of hydrogen-bond donors (Lipinski definition) is 0. The Labute approximate surface area is 161 Å². The number of nitrogens with zero attached hydrogens (tertiary/aromatic N) is 1. The van der Waals surface area contributed by atoms with Crippen LogP contribution in [0.25, 0.3) is 0 Å². The van der Waals surface area contributed by atoms with E-state index in [0.29, 0.717) is 17.9 Å². The topological polar surface area (TPSA) is 21.7 Å². The Balaban J connectivity index is 1.71. The zero-order chi connectivity index (χ0) is 20.1. The maximum atomic E-state index is 13.6. The first-order chi connectivity index (χ1) is 13.4. The first kappa shape index (κ1) is 20.6. The van der Waals surface area contributed by atoms with E-state index in [-0.39, 0.29) is 18.5 Å². The summed E-state index contributed by atoms with van der Waals surface area (Å²) in [5.41, 5.74) is 2.47. The summed E-state index contributed by atoms with van der Waals surface area (Å²) in [7, 11) is 1.47. The Hall–Kier alpha value is -2.12. The second-order valence-corrected chi connectivity index (χ2v) is 6.94. The average molecular weight is 397 g/mol. The van der Waals surface area contributed by atoms with Crippen LogP contribution in [0.15, 0.2) is 42.5 Å². The lowest BCUT2D eigenvalue weighted by atomic mass is 10.0. The predicted molar refractivity (Wildman–Crippen MR) is 97.5 cm³/mol. The normalized spacial score (nSPS) is 17.8. The smallest absolute Gasteiger partial charge is 0.411 e. The Bertz CT molecular complexity index is 794. The molecule has 1 saturated heterocycles. The first-order valence-corrected chi connectivity index (χ1v) is 9.15. The minimum Gasteiger partial charge on any atom is -0.496 e. The largest absolute Gasteiger partial charge is 0.496 e. The molecular weight excluding hydrogens is 374 g/mol. The van der Waals surface area contributed by atoms with Crippen LogP contribution < -0.4 is 4.74 Å². The van der Waals surface area contributed by atoms with E-state index < -0.39 is 12.8 Å². The quantitative estimate of drug-likeness (QED) is 0.596. The fourth-order valence-corrected chi connectivity index (χ4v) is 3.66. The van der Waals surface area contributed by atoms with Gasteiger partial charge in [-0.3, -0.25) is 4.90 Å². The molecule has 0 unspecified atom stereocenters. The standard InChI is InChI=1S/C21H23F4NO2/c1-27-20-8-7-15(10-17(20)13-28-14-21(23,24)25)12-26-9-3-6-19(26)16-4-2-5-18(22)11-16/h2,4-5,7-8,10-11,19H,3,6,9,12-14H2,1H3/t19-/m1/s1. The maximum absolute atomic E-state index is 13.6. The zero-order valence-corrected chi connectivity index (χ0v) is 15.6. The molecule has 1 fully saturated rings. The van der Waals surface area contributed by atoms with Crippen molar-refractivity contribution in [3.63, 3.8) is 0 Å². The first-order valence-electron chi connectivity index (χ1n) is 9.15. The van der Waals surface area contributed by atoms with Gasteiger partial charge < -0.3 is 9.47 Å². The summed E-state index contributed by atoms with van der Waals surface area (Å²) in [6.07, 6.45) is -2.40. The van der Waals surface area contributed by atoms with Crippen molar-refractivity contribution in [2.45, 2.75) is 38.2 Å². The number of hydrogen-bond acceptors (Lipinski definition) is 3. The van der Waals surface area contributed by atoms with E-state index in [1.807, 2.05) is 18.2 Å². The number of ether oxygens (including phenoxy) is 2. The van der Waals surface area contributed by atoms with Gasteiger partial charge in [-0.1, -0.05) is 18.2 Å². The van der Waals surface area contributed by atoms with E-state index in [4.69, 9.17) is 9.47 Å². The van der Waals surface area contributed by atoms with Gasteiger partial charge in [-0.2, -0.15) is 13.2 Å². The van der Waals surface area contributed by atoms with Crippen LogP contribution in [-0.4, -0.2) is 31.3 Å². The van der Waals surface area contributed by atoms with Crippen molar-refractivity contribution in [3.8, 4) is 5.75 Å². The fraction of sp³-hybridized carbons (Fsp3) is 0.429. The molecule has 0 spiro atoms. The summed E-state index contributed by atoms with van der Waals surface area (Å²) >= 11 is 0. The molecule has 152 valence electrons. The van der Waals surface area contributed by atoms with E-state index in [1.54, 1.807) is 18.2 Å². The van der Waals surface area contributed by atoms with Crippen molar-refractivity contribution in [2.75, 3.05) is 20.3 Å². The lowest BCUT2D eigenvalue weighted by Gasteiger charge is -2.25. The van der Waals surface area contributed by atoms with Crippen molar-refractivity contribution < 1.29 is 27.0 Å². The summed E-state index contributed by atoms with van der Waals surface area (Å²) in [5.74, 6) is 0.243. The highest BCUT2D eigenvalue weighted by Crippen LogP contribution is 2.34. The molecule has 0 saturated carbocycles. The molecule has 0 aromatic heterocycles. The van der Waals surface area contributed by atoms with Gasteiger partial charge in [-0.05, 0) is 54.8 Å². The third-order valence-corrected chi connectivity index (χ3v) is 4.85. The van der Waals surface area contributed by atoms with E-state index >= 15 is 0 Å². The molecule has 0 radical (unpaired) electrons. The van der Waals surface area contributed by atoms with Crippen LogP contribution in [0.3, 0.4) is 0 Å². The second-order valence-electron chi connectivity index (χ2n) is 6.94. The zero-order valence-electron chi connectivity index (χ0n) is 15.6. The highest BCUT2D eigenvalue weighted by Gasteiger charge is 2.28. The number of benzene rings is 2. The molecule has 0 aliphatic carbocycles. The Kier molecular flexibility index (Phi) is 6.57. The third-order valence-electron chi connectivity index (χ3n) is 4.85. The molecule has 0 amide bonds. The SMILES string of the molecule is COc1ccc(CN2CCC[C@@H]2c2cccc(F)c2)cc1COCC(F)(F)F. The van der Waals surface area contributed by atoms with Gasteiger partial charge in [-0.15, -0.1) is 0 Å². The summed E-state index contributed by atoms with van der Waals surface area (Å²) in [6.45, 7) is 0.0303. The minimum absolute atomic E-state index is 0.128. The number of alkyl halides is 3. The van der Waals surface area contributed by atoms with E-state index in [2.05, 4.69) is 4.90 Å². The van der Waals surface area contributed by atoms with Crippen molar-refractivity contribution in [1.82, 2.24) is 4.90 Å². The van der Waals surface area contributed by atoms with Crippen LogP contribution in [0.5, 0.6) is 5.75 Å². The monoisotopic (exact) mass is 397 g/mol. The van der Waals surface area contributed by atoms with Crippen LogP contribution in [-0.2, 0) is 17.9 Å². The van der Waals surface area contributed by atoms with Crippen molar-refractivity contribution in [2.24, 2.45) is 0 Å². The molecule has 1 aliphatic rings. The van der Waals surface area contributed by atoms with Gasteiger partial charge in [0, 0.05) is 18.2 Å². The maximum Gasteiger partial charge on any atom is 0.411 e. The highest BCUT2D eigenvalue weighted by molar-refractivity contribution is 5.37. The van der Waals surface area contributed by atoms with Crippen molar-refractivity contribution in [1.29, 1.82) is 0 Å². The highest BCUT2D eigenvalue weighted by atomic mass is 19.4. The molecule has 1 aliphatic heterocycles. The molecule has 1 atom stereocenters. The molecular formula is C21H23F4NO2. The van der Waals surface area contributed by atoms with E-state index in [1.165, 1.54) is 13.2 Å². The van der Waals surface area contributed by atoms with Crippen LogP contribution >= 0.6 is 0 Å². The number of likely N-dealkylation sites (tertiary alicyclic amines) is 1. The molecule has 0 N–H and O–H groups in total. The van der Waals surface area contributed by atoms with Gasteiger partial charge in [0.1, 0.15) is 18.2 Å². The molecule has 7 heteroatoms. The number of halogens is 4. The van der Waals surface area contributed by atoms with E-state index in [0.717, 1.165) is 30.5 Å². The predicted octanol–water partition coefficient (Wildman–Crippen LogP) is 5.25. The van der Waals surface area contributed by atoms with E-state index in [9.17, 15) is 17.6 Å². The molecule has 2 aromatic rings. The Morgan fingerprint density at radius 3 is 2.68 bits per heavy atom. The lowest BCUT2D eigenvalue weighted by molar-refractivity contribution is -0.176. The summed E-state index contributed by atoms with van der Waals surface area (Å²) in [4.78, 5) is 2.26. The average Bonchev–Trinajstić information content (AvgIpc) is 3.09. The van der Waals surface area contributed by atoms with Crippen LogP contribution in [0.1, 0.15) is 35.6 Å². The molecule has 3 rings (SSSR count). The lowest BCUT2D eigenvalue weighted by Crippen LogP contribution is -2.23. The molecule has 28 heavy (non-hydrogen) atoms. The molecule has 3 nitrogen and oxygen atoms in total. The number of methoxy groups -OCH3 is 1. The number of rotatable bonds is 7. The van der Waals surface area contributed by atoms with Gasteiger partial charge in [0.05, 0.1) is 13.7 Å². The second kappa shape index (κ2) is 8.92. The third kappa shape index (κ3) is 5.45. The van der Waals surface area contributed by atoms with Gasteiger partial charge >= 0.3 is 6.18 Å². The minimum atomic E-state index is -4.36. The van der Waals surface area contributed by atoms with Gasteiger partial charge in [-0.25, -0.2) is 4.39 Å². The van der Waals surface area contributed by atoms with Gasteiger partial charge in [0.2, 0.25) is 0 Å². The summed E-state index contributed by atoms with van der Waals surface area (Å²) in [5, 5.41) is 0. The molecule has 1 heterocycles. The van der Waals surface area contributed by atoms with Crippen molar-refractivity contribution >= 4 is 0 Å².